The molecule has 7 heteroatoms. The van der Waals surface area contributed by atoms with E-state index < -0.39 is 0 Å². The van der Waals surface area contributed by atoms with Crippen LogP contribution in [0.3, 0.4) is 0 Å². The van der Waals surface area contributed by atoms with Crippen LogP contribution in [0.15, 0.2) is 22.7 Å². The summed E-state index contributed by atoms with van der Waals surface area (Å²) in [6.45, 7) is 2.04. The number of aromatic nitrogens is 1. The van der Waals surface area contributed by atoms with Gasteiger partial charge in [0.25, 0.3) is 5.91 Å². The van der Waals surface area contributed by atoms with Gasteiger partial charge in [0.2, 0.25) is 0 Å². The number of amides is 1. The van der Waals surface area contributed by atoms with Crippen molar-refractivity contribution >= 4 is 11.6 Å². The van der Waals surface area contributed by atoms with Crippen LogP contribution in [0.5, 0.6) is 11.5 Å². The molecule has 0 bridgehead atoms. The monoisotopic (exact) mass is 291 g/mol. The molecule has 1 heterocycles. The summed E-state index contributed by atoms with van der Waals surface area (Å²) in [5.41, 5.74) is 7.12. The fourth-order valence-corrected chi connectivity index (χ4v) is 1.86. The molecule has 7 nitrogen and oxygen atoms in total. The molecule has 0 aliphatic carbocycles. The summed E-state index contributed by atoms with van der Waals surface area (Å²) in [4.78, 5) is 12.2. The van der Waals surface area contributed by atoms with Gasteiger partial charge in [0, 0.05) is 17.8 Å². The molecule has 1 aromatic heterocycles. The number of nitrogens with two attached hydrogens (primary N) is 1. The molecule has 0 unspecified atom stereocenters. The number of rotatable bonds is 5. The Morgan fingerprint density at radius 2 is 1.95 bits per heavy atom. The minimum atomic E-state index is -0.325. The Labute approximate surface area is 122 Å². The molecule has 0 fully saturated rings. The van der Waals surface area contributed by atoms with Crippen LogP contribution in [0.4, 0.5) is 5.69 Å². The second kappa shape index (κ2) is 6.17. The minimum absolute atomic E-state index is 0.254. The van der Waals surface area contributed by atoms with E-state index in [0.29, 0.717) is 34.2 Å². The number of ether oxygens (including phenoxy) is 2. The van der Waals surface area contributed by atoms with Crippen LogP contribution in [-0.4, -0.2) is 25.3 Å². The van der Waals surface area contributed by atoms with E-state index in [-0.39, 0.29) is 12.5 Å². The lowest BCUT2D eigenvalue weighted by molar-refractivity contribution is 0.0950. The number of methoxy groups -OCH3 is 2. The number of anilines is 1. The smallest absolute Gasteiger partial charge is 0.253 e. The maximum atomic E-state index is 12.2. The van der Waals surface area contributed by atoms with Crippen molar-refractivity contribution in [2.75, 3.05) is 20.0 Å². The van der Waals surface area contributed by atoms with Crippen LogP contribution in [0.1, 0.15) is 21.8 Å². The van der Waals surface area contributed by atoms with E-state index in [1.54, 1.807) is 19.1 Å². The molecule has 112 valence electrons. The summed E-state index contributed by atoms with van der Waals surface area (Å²) in [6, 6.07) is 4.84. The normalized spacial score (nSPS) is 10.2. The van der Waals surface area contributed by atoms with Crippen molar-refractivity contribution in [3.63, 3.8) is 0 Å². The van der Waals surface area contributed by atoms with E-state index in [1.165, 1.54) is 20.3 Å². The van der Waals surface area contributed by atoms with Gasteiger partial charge in [0.05, 0.1) is 26.3 Å². The van der Waals surface area contributed by atoms with E-state index in [2.05, 4.69) is 10.5 Å². The van der Waals surface area contributed by atoms with Crippen LogP contribution in [0.2, 0.25) is 0 Å². The molecule has 1 aromatic carbocycles. The zero-order chi connectivity index (χ0) is 15.4. The first kappa shape index (κ1) is 14.7. The van der Waals surface area contributed by atoms with Crippen molar-refractivity contribution in [3.8, 4) is 11.5 Å². The standard InChI is InChI=1S/C14H17N3O4/c1-8-4-9(17-21-8)7-16-14(18)10-5-12(19-2)13(20-3)6-11(10)15/h4-6H,7,15H2,1-3H3,(H,16,18). The maximum Gasteiger partial charge on any atom is 0.253 e. The fraction of sp³-hybridized carbons (Fsp3) is 0.286. The molecular weight excluding hydrogens is 274 g/mol. The zero-order valence-corrected chi connectivity index (χ0v) is 12.1. The SMILES string of the molecule is COc1cc(N)c(C(=O)NCc2cc(C)on2)cc1OC. The summed E-state index contributed by atoms with van der Waals surface area (Å²) in [5, 5.41) is 6.52. The quantitative estimate of drug-likeness (QED) is 0.810. The van der Waals surface area contributed by atoms with E-state index in [0.717, 1.165) is 0 Å². The number of benzene rings is 1. The number of carbonyl (C=O) groups is 1. The molecule has 2 aromatic rings. The second-order valence-electron chi connectivity index (χ2n) is 4.41. The zero-order valence-electron chi connectivity index (χ0n) is 12.1. The number of hydrogen-bond donors (Lipinski definition) is 2. The number of hydrogen-bond acceptors (Lipinski definition) is 6. The molecule has 21 heavy (non-hydrogen) atoms. The molecule has 0 saturated heterocycles. The third-order valence-corrected chi connectivity index (χ3v) is 2.91. The summed E-state index contributed by atoms with van der Waals surface area (Å²) in [6.07, 6.45) is 0. The molecule has 0 spiro atoms. The lowest BCUT2D eigenvalue weighted by atomic mass is 10.1. The highest BCUT2D eigenvalue weighted by Gasteiger charge is 2.15. The Hall–Kier alpha value is -2.70. The van der Waals surface area contributed by atoms with Crippen molar-refractivity contribution < 1.29 is 18.8 Å². The van der Waals surface area contributed by atoms with Crippen LogP contribution < -0.4 is 20.5 Å². The molecule has 0 saturated carbocycles. The van der Waals surface area contributed by atoms with E-state index >= 15 is 0 Å². The Morgan fingerprint density at radius 3 is 2.52 bits per heavy atom. The van der Waals surface area contributed by atoms with Gasteiger partial charge in [0.1, 0.15) is 11.5 Å². The lowest BCUT2D eigenvalue weighted by Crippen LogP contribution is -2.24. The first-order chi connectivity index (χ1) is 10.0. The number of aryl methyl sites for hydroxylation is 1. The van der Waals surface area contributed by atoms with Crippen LogP contribution >= 0.6 is 0 Å². The molecular formula is C14H17N3O4. The summed E-state index contributed by atoms with van der Waals surface area (Å²) < 4.78 is 15.2. The topological polar surface area (TPSA) is 99.6 Å². The molecule has 2 rings (SSSR count). The predicted molar refractivity (Wildman–Crippen MR) is 76.4 cm³/mol. The summed E-state index contributed by atoms with van der Waals surface area (Å²) >= 11 is 0. The van der Waals surface area contributed by atoms with Crippen molar-refractivity contribution in [1.82, 2.24) is 10.5 Å². The highest BCUT2D eigenvalue weighted by atomic mass is 16.5. The Bertz CT molecular complexity index is 652. The van der Waals surface area contributed by atoms with Crippen molar-refractivity contribution in [3.05, 3.63) is 35.2 Å². The van der Waals surface area contributed by atoms with Gasteiger partial charge in [-0.15, -0.1) is 0 Å². The van der Waals surface area contributed by atoms with Gasteiger partial charge >= 0.3 is 0 Å². The Morgan fingerprint density at radius 1 is 1.29 bits per heavy atom. The van der Waals surface area contributed by atoms with Gasteiger partial charge in [-0.25, -0.2) is 0 Å². The van der Waals surface area contributed by atoms with Crippen molar-refractivity contribution in [1.29, 1.82) is 0 Å². The highest BCUT2D eigenvalue weighted by Crippen LogP contribution is 2.31. The molecule has 0 radical (unpaired) electrons. The summed E-state index contributed by atoms with van der Waals surface area (Å²) in [5.74, 6) is 1.27. The van der Waals surface area contributed by atoms with E-state index in [1.807, 2.05) is 0 Å². The number of nitrogen functional groups attached to an aromatic ring is 1. The van der Waals surface area contributed by atoms with Crippen LogP contribution in [0, 0.1) is 6.92 Å². The first-order valence-electron chi connectivity index (χ1n) is 6.27. The third kappa shape index (κ3) is 3.25. The largest absolute Gasteiger partial charge is 0.493 e. The molecule has 3 N–H and O–H groups in total. The van der Waals surface area contributed by atoms with Gasteiger partial charge in [-0.05, 0) is 13.0 Å². The minimum Gasteiger partial charge on any atom is -0.493 e. The van der Waals surface area contributed by atoms with Crippen molar-refractivity contribution in [2.45, 2.75) is 13.5 Å². The van der Waals surface area contributed by atoms with E-state index in [9.17, 15) is 4.79 Å². The number of carbonyl (C=O) groups excluding carboxylic acids is 1. The van der Waals surface area contributed by atoms with E-state index in [4.69, 9.17) is 19.7 Å². The number of nitrogens with zero attached hydrogens (tertiary/aromatic N) is 1. The van der Waals surface area contributed by atoms with Gasteiger partial charge in [-0.1, -0.05) is 5.16 Å². The lowest BCUT2D eigenvalue weighted by Gasteiger charge is -2.12. The van der Waals surface area contributed by atoms with Gasteiger partial charge < -0.3 is 25.0 Å². The van der Waals surface area contributed by atoms with Crippen LogP contribution in [0.25, 0.3) is 0 Å². The average Bonchev–Trinajstić information content (AvgIpc) is 2.90. The highest BCUT2D eigenvalue weighted by molar-refractivity contribution is 6.00. The summed E-state index contributed by atoms with van der Waals surface area (Å²) in [7, 11) is 3.00. The molecule has 1 amide bonds. The molecule has 0 aliphatic heterocycles. The van der Waals surface area contributed by atoms with Gasteiger partial charge in [-0.2, -0.15) is 0 Å². The van der Waals surface area contributed by atoms with Crippen molar-refractivity contribution in [2.24, 2.45) is 0 Å². The van der Waals surface area contributed by atoms with Crippen LogP contribution in [-0.2, 0) is 6.54 Å². The van der Waals surface area contributed by atoms with Gasteiger partial charge in [0.15, 0.2) is 11.5 Å². The third-order valence-electron chi connectivity index (χ3n) is 2.91. The first-order valence-corrected chi connectivity index (χ1v) is 6.27. The van der Waals surface area contributed by atoms with Gasteiger partial charge in [-0.3, -0.25) is 4.79 Å². The second-order valence-corrected chi connectivity index (χ2v) is 4.41. The Balaban J connectivity index is 2.15. The Kier molecular flexibility index (Phi) is 4.32. The fourth-order valence-electron chi connectivity index (χ4n) is 1.86. The molecule has 0 aliphatic rings. The predicted octanol–water partition coefficient (Wildman–Crippen LogP) is 1.51. The average molecular weight is 291 g/mol. The molecule has 0 atom stereocenters. The maximum absolute atomic E-state index is 12.2. The number of nitrogens with one attached hydrogen (secondary N) is 1.